The Bertz CT molecular complexity index is 590. The van der Waals surface area contributed by atoms with Crippen molar-refractivity contribution in [3.05, 3.63) is 64.7 Å². The zero-order valence-electron chi connectivity index (χ0n) is 13.0. The summed E-state index contributed by atoms with van der Waals surface area (Å²) in [5, 5.41) is 4.19. The molecule has 0 radical (unpaired) electrons. The van der Waals surface area contributed by atoms with E-state index in [1.165, 1.54) is 33.6 Å². The van der Waals surface area contributed by atoms with Gasteiger partial charge in [-0.3, -0.25) is 0 Å². The molecule has 2 unspecified atom stereocenters. The van der Waals surface area contributed by atoms with Crippen LogP contribution in [0.25, 0.3) is 0 Å². The quantitative estimate of drug-likeness (QED) is 0.910. The van der Waals surface area contributed by atoms with Crippen molar-refractivity contribution in [1.82, 2.24) is 5.32 Å². The van der Waals surface area contributed by atoms with Gasteiger partial charge < -0.3 is 5.32 Å². The van der Waals surface area contributed by atoms with Crippen LogP contribution in [0, 0.1) is 13.8 Å². The van der Waals surface area contributed by atoms with Crippen molar-refractivity contribution < 1.29 is 0 Å². The number of hydrogen-bond acceptors (Lipinski definition) is 2. The fourth-order valence-corrected chi connectivity index (χ4v) is 4.69. The topological polar surface area (TPSA) is 12.0 Å². The first-order chi connectivity index (χ1) is 10.2. The Hall–Kier alpha value is -1.25. The van der Waals surface area contributed by atoms with E-state index >= 15 is 0 Å². The molecule has 2 aromatic carbocycles. The zero-order valence-corrected chi connectivity index (χ0v) is 13.8. The first kappa shape index (κ1) is 14.7. The van der Waals surface area contributed by atoms with E-state index in [0.29, 0.717) is 11.3 Å². The first-order valence-electron chi connectivity index (χ1n) is 7.66. The third kappa shape index (κ3) is 3.02. The van der Waals surface area contributed by atoms with Gasteiger partial charge >= 0.3 is 0 Å². The molecule has 2 atom stereocenters. The van der Waals surface area contributed by atoms with Crippen molar-refractivity contribution in [3.63, 3.8) is 0 Å². The van der Waals surface area contributed by atoms with Gasteiger partial charge in [0.2, 0.25) is 0 Å². The summed E-state index contributed by atoms with van der Waals surface area (Å²) in [5.74, 6) is 0. The van der Waals surface area contributed by atoms with Crippen LogP contribution in [-0.2, 0) is 12.8 Å². The van der Waals surface area contributed by atoms with Crippen molar-refractivity contribution in [1.29, 1.82) is 0 Å². The summed E-state index contributed by atoms with van der Waals surface area (Å²) in [6, 6.07) is 16.0. The molecule has 2 aromatic rings. The molecule has 1 heterocycles. The summed E-state index contributed by atoms with van der Waals surface area (Å²) in [6.07, 6.45) is 2.29. The van der Waals surface area contributed by atoms with Gasteiger partial charge in [-0.25, -0.2) is 0 Å². The van der Waals surface area contributed by atoms with Crippen LogP contribution in [0.2, 0.25) is 0 Å². The number of likely N-dealkylation sites (N-methyl/N-ethyl adjacent to an activating group) is 1. The van der Waals surface area contributed by atoms with Crippen molar-refractivity contribution >= 4 is 11.8 Å². The predicted octanol–water partition coefficient (Wildman–Crippen LogP) is 4.15. The average Bonchev–Trinajstić information content (AvgIpc) is 2.90. The van der Waals surface area contributed by atoms with Gasteiger partial charge in [-0.2, -0.15) is 0 Å². The van der Waals surface area contributed by atoms with Crippen molar-refractivity contribution in [2.24, 2.45) is 0 Å². The normalized spacial score (nSPS) is 18.5. The monoisotopic (exact) mass is 297 g/mol. The Morgan fingerprint density at radius 3 is 2.48 bits per heavy atom. The van der Waals surface area contributed by atoms with E-state index in [9.17, 15) is 0 Å². The maximum Gasteiger partial charge on any atom is 0.0292 e. The highest BCUT2D eigenvalue weighted by molar-refractivity contribution is 8.00. The molecular weight excluding hydrogens is 274 g/mol. The van der Waals surface area contributed by atoms with Crippen LogP contribution in [-0.4, -0.2) is 18.3 Å². The highest BCUT2D eigenvalue weighted by Gasteiger charge is 2.29. The second kappa shape index (κ2) is 6.25. The summed E-state index contributed by atoms with van der Waals surface area (Å²) in [6.45, 7) is 4.46. The number of rotatable bonds is 4. The largest absolute Gasteiger partial charge is 0.316 e. The van der Waals surface area contributed by atoms with Gasteiger partial charge in [-0.1, -0.05) is 36.4 Å². The van der Waals surface area contributed by atoms with Crippen LogP contribution in [0.5, 0.6) is 0 Å². The van der Waals surface area contributed by atoms with E-state index in [1.54, 1.807) is 0 Å². The van der Waals surface area contributed by atoms with Gasteiger partial charge in [0.15, 0.2) is 0 Å². The van der Waals surface area contributed by atoms with E-state index in [2.05, 4.69) is 68.7 Å². The van der Waals surface area contributed by atoms with Gasteiger partial charge in [-0.05, 0) is 62.1 Å². The molecule has 0 aliphatic carbocycles. The molecule has 2 heteroatoms. The SMILES string of the molecule is CNC(Cc1c(C)cccc1C)C1Cc2ccccc2S1. The predicted molar refractivity (Wildman–Crippen MR) is 92.3 cm³/mol. The lowest BCUT2D eigenvalue weighted by molar-refractivity contribution is 0.535. The summed E-state index contributed by atoms with van der Waals surface area (Å²) in [7, 11) is 2.10. The third-order valence-corrected chi connectivity index (χ3v) is 6.01. The van der Waals surface area contributed by atoms with Crippen LogP contribution < -0.4 is 5.32 Å². The third-order valence-electron chi connectivity index (χ3n) is 4.56. The van der Waals surface area contributed by atoms with Crippen LogP contribution in [0.1, 0.15) is 22.3 Å². The fraction of sp³-hybridized carbons (Fsp3) is 0.368. The lowest BCUT2D eigenvalue weighted by Crippen LogP contribution is -2.37. The van der Waals surface area contributed by atoms with E-state index in [0.717, 1.165) is 6.42 Å². The minimum absolute atomic E-state index is 0.516. The molecule has 21 heavy (non-hydrogen) atoms. The number of nitrogens with one attached hydrogen (secondary N) is 1. The van der Waals surface area contributed by atoms with Crippen LogP contribution in [0.15, 0.2) is 47.4 Å². The summed E-state index contributed by atoms with van der Waals surface area (Å²) in [5.41, 5.74) is 5.84. The second-order valence-corrected chi connectivity index (χ2v) is 7.22. The van der Waals surface area contributed by atoms with Crippen LogP contribution >= 0.6 is 11.8 Å². The van der Waals surface area contributed by atoms with Crippen LogP contribution in [0.3, 0.4) is 0 Å². The van der Waals surface area contributed by atoms with Crippen LogP contribution in [0.4, 0.5) is 0 Å². The molecular formula is C19H23NS. The van der Waals surface area contributed by atoms with E-state index in [1.807, 2.05) is 11.8 Å². The van der Waals surface area contributed by atoms with Gasteiger partial charge in [0, 0.05) is 16.2 Å². The minimum Gasteiger partial charge on any atom is -0.316 e. The molecule has 1 nitrogen and oxygen atoms in total. The van der Waals surface area contributed by atoms with Gasteiger partial charge in [0.05, 0.1) is 0 Å². The molecule has 0 spiro atoms. The molecule has 1 aliphatic rings. The lowest BCUT2D eigenvalue weighted by atomic mass is 9.93. The molecule has 0 saturated heterocycles. The maximum atomic E-state index is 3.56. The van der Waals surface area contributed by atoms with Gasteiger partial charge in [0.25, 0.3) is 0 Å². The van der Waals surface area contributed by atoms with E-state index < -0.39 is 0 Å². The molecule has 0 aromatic heterocycles. The minimum atomic E-state index is 0.516. The highest BCUT2D eigenvalue weighted by Crippen LogP contribution is 2.39. The van der Waals surface area contributed by atoms with Gasteiger partial charge in [0.1, 0.15) is 0 Å². The Morgan fingerprint density at radius 1 is 1.10 bits per heavy atom. The number of benzene rings is 2. The van der Waals surface area contributed by atoms with Crippen molar-refractivity contribution in [3.8, 4) is 0 Å². The Labute approximate surface area is 132 Å². The first-order valence-corrected chi connectivity index (χ1v) is 8.54. The number of thioether (sulfide) groups is 1. The second-order valence-electron chi connectivity index (χ2n) is 5.94. The number of fused-ring (bicyclic) bond motifs is 1. The molecule has 0 amide bonds. The molecule has 1 N–H and O–H groups in total. The maximum absolute atomic E-state index is 3.56. The van der Waals surface area contributed by atoms with E-state index in [-0.39, 0.29) is 0 Å². The van der Waals surface area contributed by atoms with E-state index in [4.69, 9.17) is 0 Å². The summed E-state index contributed by atoms with van der Waals surface area (Å²) in [4.78, 5) is 1.46. The smallest absolute Gasteiger partial charge is 0.0292 e. The molecule has 1 aliphatic heterocycles. The van der Waals surface area contributed by atoms with Crippen molar-refractivity contribution in [2.75, 3.05) is 7.05 Å². The fourth-order valence-electron chi connectivity index (χ4n) is 3.24. The lowest BCUT2D eigenvalue weighted by Gasteiger charge is -2.24. The average molecular weight is 297 g/mol. The molecule has 3 rings (SSSR count). The summed E-state index contributed by atoms with van der Waals surface area (Å²) < 4.78 is 0. The van der Waals surface area contributed by atoms with Gasteiger partial charge in [-0.15, -0.1) is 11.8 Å². The molecule has 0 saturated carbocycles. The Kier molecular flexibility index (Phi) is 4.37. The number of hydrogen-bond donors (Lipinski definition) is 1. The number of aryl methyl sites for hydroxylation is 2. The molecule has 0 fully saturated rings. The zero-order chi connectivity index (χ0) is 14.8. The molecule has 110 valence electrons. The highest BCUT2D eigenvalue weighted by atomic mass is 32.2. The molecule has 0 bridgehead atoms. The standard InChI is InChI=1S/C19H23NS/c1-13-7-6-8-14(2)16(13)12-17(20-3)19-11-15-9-4-5-10-18(15)21-19/h4-10,17,19-20H,11-12H2,1-3H3. The van der Waals surface area contributed by atoms with Crippen molar-refractivity contribution in [2.45, 2.75) is 42.9 Å². The summed E-state index contributed by atoms with van der Waals surface area (Å²) >= 11 is 2.04. The Balaban J connectivity index is 1.78. The Morgan fingerprint density at radius 2 is 1.81 bits per heavy atom.